The van der Waals surface area contributed by atoms with Crippen LogP contribution in [0.1, 0.15) is 29.1 Å². The number of nitrogens with two attached hydrogens (primary N) is 1. The molecule has 3 rings (SSSR count). The molecule has 2 aromatic heterocycles. The molecule has 0 spiro atoms. The van der Waals surface area contributed by atoms with Crippen molar-refractivity contribution in [3.63, 3.8) is 0 Å². The van der Waals surface area contributed by atoms with Crippen molar-refractivity contribution < 1.29 is 0 Å². The number of hydrogen-bond acceptors (Lipinski definition) is 4. The fraction of sp³-hybridized carbons (Fsp3) is 0.455. The summed E-state index contributed by atoms with van der Waals surface area (Å²) < 4.78 is 1.71. The van der Waals surface area contributed by atoms with Gasteiger partial charge in [0.25, 0.3) is 5.56 Å². The van der Waals surface area contributed by atoms with Crippen molar-refractivity contribution in [3.05, 3.63) is 26.6 Å². The Morgan fingerprint density at radius 3 is 2.94 bits per heavy atom. The second-order valence-corrected chi connectivity index (χ2v) is 5.28. The number of aryl methyl sites for hydroxylation is 3. The molecule has 2 aromatic rings. The van der Waals surface area contributed by atoms with Gasteiger partial charge in [-0.25, -0.2) is 4.98 Å². The molecule has 2 heterocycles. The van der Waals surface area contributed by atoms with Crippen LogP contribution in [0.4, 0.5) is 5.69 Å². The molecule has 0 aliphatic heterocycles. The van der Waals surface area contributed by atoms with Crippen molar-refractivity contribution in [2.45, 2.75) is 32.6 Å². The predicted octanol–water partition coefficient (Wildman–Crippen LogP) is 1.53. The fourth-order valence-corrected chi connectivity index (χ4v) is 3.49. The predicted molar refractivity (Wildman–Crippen MR) is 65.1 cm³/mol. The second kappa shape index (κ2) is 3.31. The maximum absolute atomic E-state index is 12.1. The zero-order valence-corrected chi connectivity index (χ0v) is 9.93. The third-order valence-corrected chi connectivity index (χ3v) is 4.29. The average Bonchev–Trinajstić information content (AvgIpc) is 2.64. The lowest BCUT2D eigenvalue weighted by molar-refractivity contribution is 0.670. The number of aromatic nitrogens is 2. The third-order valence-electron chi connectivity index (χ3n) is 3.15. The first-order valence-electron chi connectivity index (χ1n) is 5.48. The van der Waals surface area contributed by atoms with E-state index in [2.05, 4.69) is 4.98 Å². The second-order valence-electron chi connectivity index (χ2n) is 4.21. The first-order chi connectivity index (χ1) is 7.68. The van der Waals surface area contributed by atoms with Crippen LogP contribution in [0.2, 0.25) is 0 Å². The molecular weight excluding hydrogens is 222 g/mol. The molecular formula is C11H13N3OS. The van der Waals surface area contributed by atoms with E-state index in [-0.39, 0.29) is 11.2 Å². The van der Waals surface area contributed by atoms with E-state index in [1.54, 1.807) is 22.7 Å². The quantitative estimate of drug-likeness (QED) is 0.753. The minimum Gasteiger partial charge on any atom is -0.393 e. The number of hydrogen-bond donors (Lipinski definition) is 1. The fourth-order valence-electron chi connectivity index (χ4n) is 2.24. The van der Waals surface area contributed by atoms with Gasteiger partial charge in [-0.2, -0.15) is 0 Å². The van der Waals surface area contributed by atoms with E-state index < -0.39 is 0 Å². The van der Waals surface area contributed by atoms with Crippen LogP contribution in [0, 0.1) is 6.92 Å². The van der Waals surface area contributed by atoms with Crippen molar-refractivity contribution in [2.75, 3.05) is 5.73 Å². The van der Waals surface area contributed by atoms with E-state index in [1.165, 1.54) is 11.3 Å². The average molecular weight is 235 g/mol. The van der Waals surface area contributed by atoms with E-state index in [1.807, 2.05) is 0 Å². The lowest BCUT2D eigenvalue weighted by atomic mass is 10.0. The highest BCUT2D eigenvalue weighted by atomic mass is 32.1. The first kappa shape index (κ1) is 9.84. The van der Waals surface area contributed by atoms with Gasteiger partial charge in [-0.05, 0) is 32.6 Å². The molecule has 16 heavy (non-hydrogen) atoms. The van der Waals surface area contributed by atoms with Crippen LogP contribution in [0.25, 0.3) is 4.96 Å². The molecule has 84 valence electrons. The number of anilines is 1. The van der Waals surface area contributed by atoms with Crippen LogP contribution in [0.3, 0.4) is 0 Å². The molecule has 0 aromatic carbocycles. The van der Waals surface area contributed by atoms with Gasteiger partial charge in [0.15, 0.2) is 4.96 Å². The van der Waals surface area contributed by atoms with Crippen molar-refractivity contribution >= 4 is 22.0 Å². The van der Waals surface area contributed by atoms with Gasteiger partial charge in [0.05, 0.1) is 5.69 Å². The van der Waals surface area contributed by atoms with Crippen molar-refractivity contribution in [1.82, 2.24) is 9.38 Å². The van der Waals surface area contributed by atoms with Gasteiger partial charge in [0.1, 0.15) is 5.69 Å². The number of fused-ring (bicyclic) bond motifs is 3. The highest BCUT2D eigenvalue weighted by Gasteiger charge is 2.19. The van der Waals surface area contributed by atoms with Gasteiger partial charge in [0, 0.05) is 10.6 Å². The summed E-state index contributed by atoms with van der Waals surface area (Å²) in [5, 5.41) is 0. The Morgan fingerprint density at radius 1 is 1.38 bits per heavy atom. The van der Waals surface area contributed by atoms with Crippen LogP contribution >= 0.6 is 11.3 Å². The van der Waals surface area contributed by atoms with E-state index >= 15 is 0 Å². The summed E-state index contributed by atoms with van der Waals surface area (Å²) in [6.45, 7) is 1.79. The Bertz CT molecular complexity index is 626. The smallest absolute Gasteiger partial charge is 0.282 e. The Kier molecular flexibility index (Phi) is 2.04. The van der Waals surface area contributed by atoms with Gasteiger partial charge >= 0.3 is 0 Å². The van der Waals surface area contributed by atoms with Crippen LogP contribution in [-0.2, 0) is 12.8 Å². The SMILES string of the molecule is Cc1nc2sc3c(n2c(=O)c1N)CCCC3. The van der Waals surface area contributed by atoms with E-state index in [4.69, 9.17) is 5.73 Å². The molecule has 0 radical (unpaired) electrons. The lowest BCUT2D eigenvalue weighted by Gasteiger charge is -2.10. The summed E-state index contributed by atoms with van der Waals surface area (Å²) in [5.74, 6) is 0. The lowest BCUT2D eigenvalue weighted by Crippen LogP contribution is -2.21. The Labute approximate surface area is 96.7 Å². The molecule has 1 aliphatic carbocycles. The first-order valence-corrected chi connectivity index (χ1v) is 6.29. The number of nitrogens with zero attached hydrogens (tertiary/aromatic N) is 2. The maximum Gasteiger partial charge on any atom is 0.282 e. The number of thiazole rings is 1. The highest BCUT2D eigenvalue weighted by Crippen LogP contribution is 2.28. The van der Waals surface area contributed by atoms with Crippen LogP contribution in [-0.4, -0.2) is 9.38 Å². The molecule has 0 amide bonds. The summed E-state index contributed by atoms with van der Waals surface area (Å²) in [6, 6.07) is 0. The summed E-state index contributed by atoms with van der Waals surface area (Å²) >= 11 is 1.63. The molecule has 0 atom stereocenters. The molecule has 2 N–H and O–H groups in total. The topological polar surface area (TPSA) is 60.4 Å². The van der Waals surface area contributed by atoms with Crippen molar-refractivity contribution in [2.24, 2.45) is 0 Å². The molecule has 4 nitrogen and oxygen atoms in total. The van der Waals surface area contributed by atoms with Crippen molar-refractivity contribution in [1.29, 1.82) is 0 Å². The highest BCUT2D eigenvalue weighted by molar-refractivity contribution is 7.17. The molecule has 0 fully saturated rings. The zero-order valence-electron chi connectivity index (χ0n) is 9.12. The molecule has 0 saturated heterocycles. The van der Waals surface area contributed by atoms with E-state index in [0.717, 1.165) is 29.9 Å². The number of rotatable bonds is 0. The largest absolute Gasteiger partial charge is 0.393 e. The maximum atomic E-state index is 12.1. The van der Waals surface area contributed by atoms with Gasteiger partial charge < -0.3 is 5.73 Å². The molecule has 0 saturated carbocycles. The van der Waals surface area contributed by atoms with E-state index in [0.29, 0.717) is 5.69 Å². The summed E-state index contributed by atoms with van der Waals surface area (Å²) in [5.41, 5.74) is 7.71. The third kappa shape index (κ3) is 1.21. The summed E-state index contributed by atoms with van der Waals surface area (Å²) in [6.07, 6.45) is 4.41. The van der Waals surface area contributed by atoms with Gasteiger partial charge in [0.2, 0.25) is 0 Å². The van der Waals surface area contributed by atoms with Crippen LogP contribution in [0.5, 0.6) is 0 Å². The van der Waals surface area contributed by atoms with Gasteiger partial charge in [-0.15, -0.1) is 11.3 Å². The summed E-state index contributed by atoms with van der Waals surface area (Å²) in [4.78, 5) is 18.6. The molecule has 5 heteroatoms. The Balaban J connectivity index is 2.45. The minimum atomic E-state index is -0.0955. The molecule has 1 aliphatic rings. The zero-order chi connectivity index (χ0) is 11.3. The van der Waals surface area contributed by atoms with Gasteiger partial charge in [-0.3, -0.25) is 9.20 Å². The molecule has 0 unspecified atom stereocenters. The number of nitrogen functional groups attached to an aromatic ring is 1. The molecule has 0 bridgehead atoms. The summed E-state index contributed by atoms with van der Waals surface area (Å²) in [7, 11) is 0. The minimum absolute atomic E-state index is 0.0955. The standard InChI is InChI=1S/C11H13N3OS/c1-6-9(12)10(15)14-7-4-2-3-5-8(7)16-11(14)13-6/h2-5,12H2,1H3. The van der Waals surface area contributed by atoms with Crippen LogP contribution in [0.15, 0.2) is 4.79 Å². The van der Waals surface area contributed by atoms with Gasteiger partial charge in [-0.1, -0.05) is 0 Å². The van der Waals surface area contributed by atoms with E-state index in [9.17, 15) is 4.79 Å². The van der Waals surface area contributed by atoms with Crippen molar-refractivity contribution in [3.8, 4) is 0 Å². The monoisotopic (exact) mass is 235 g/mol. The normalized spacial score (nSPS) is 15.3. The Morgan fingerprint density at radius 2 is 2.12 bits per heavy atom. The van der Waals surface area contributed by atoms with Crippen LogP contribution < -0.4 is 11.3 Å². The Hall–Kier alpha value is -1.36.